The summed E-state index contributed by atoms with van der Waals surface area (Å²) < 4.78 is 12.4. The van der Waals surface area contributed by atoms with Crippen molar-refractivity contribution in [1.29, 1.82) is 0 Å². The minimum absolute atomic E-state index is 0.159. The maximum Gasteiger partial charge on any atom is 0.339 e. The number of para-hydroxylation sites is 1. The number of esters is 1. The summed E-state index contributed by atoms with van der Waals surface area (Å²) in [5, 5.41) is 3.62. The Labute approximate surface area is 140 Å². The van der Waals surface area contributed by atoms with Crippen LogP contribution in [0.3, 0.4) is 0 Å². The van der Waals surface area contributed by atoms with E-state index in [1.165, 1.54) is 0 Å². The molecule has 0 saturated heterocycles. The molecule has 0 N–H and O–H groups in total. The van der Waals surface area contributed by atoms with Crippen LogP contribution < -0.4 is 4.74 Å². The van der Waals surface area contributed by atoms with Gasteiger partial charge in [0.2, 0.25) is 0 Å². The monoisotopic (exact) mass is 328 g/mol. The first-order valence-electron chi connectivity index (χ1n) is 7.61. The van der Waals surface area contributed by atoms with Crippen molar-refractivity contribution < 1.29 is 14.3 Å². The minimum Gasteiger partial charge on any atom is -0.496 e. The van der Waals surface area contributed by atoms with Gasteiger partial charge in [-0.2, -0.15) is 0 Å². The lowest BCUT2D eigenvalue weighted by Gasteiger charge is -2.13. The number of rotatable bonds is 7. The minimum atomic E-state index is -0.379. The Morgan fingerprint density at radius 2 is 2.12 bits per heavy atom. The van der Waals surface area contributed by atoms with Crippen molar-refractivity contribution in [2.75, 3.05) is 13.7 Å². The highest BCUT2D eigenvalue weighted by Gasteiger charge is 2.19. The Bertz CT molecular complexity index is 776. The molecule has 0 aliphatic carbocycles. The summed E-state index contributed by atoms with van der Waals surface area (Å²) in [4.78, 5) is 14.9. The van der Waals surface area contributed by atoms with Gasteiger partial charge in [-0.3, -0.25) is 0 Å². The molecule has 0 saturated carbocycles. The average Bonchev–Trinajstić information content (AvgIpc) is 2.90. The van der Waals surface area contributed by atoms with E-state index in [0.29, 0.717) is 18.7 Å². The van der Waals surface area contributed by atoms with Crippen LogP contribution in [-0.4, -0.2) is 24.3 Å². The molecule has 1 aromatic carbocycles. The van der Waals surface area contributed by atoms with E-state index in [4.69, 9.17) is 15.0 Å². The number of hydrogen-bond acceptors (Lipinski definition) is 4. The Kier molecular flexibility index (Phi) is 5.87. The fourth-order valence-electron chi connectivity index (χ4n) is 2.58. The lowest BCUT2D eigenvalue weighted by atomic mass is 10.2. The zero-order valence-corrected chi connectivity index (χ0v) is 14.0. The third kappa shape index (κ3) is 3.70. The number of carbonyl (C=O) groups excluding carboxylic acids is 1. The molecule has 2 rings (SSSR count). The highest BCUT2D eigenvalue weighted by Crippen LogP contribution is 2.24. The molecule has 2 aromatic rings. The van der Waals surface area contributed by atoms with Crippen LogP contribution in [0.15, 0.2) is 35.4 Å². The van der Waals surface area contributed by atoms with E-state index in [1.54, 1.807) is 20.1 Å². The Morgan fingerprint density at radius 3 is 2.79 bits per heavy atom. The molecule has 24 heavy (non-hydrogen) atoms. The van der Waals surface area contributed by atoms with Crippen molar-refractivity contribution in [3.63, 3.8) is 0 Å². The van der Waals surface area contributed by atoms with Crippen molar-refractivity contribution in [3.05, 3.63) is 63.3 Å². The number of benzene rings is 1. The molecule has 0 unspecified atom stereocenters. The number of nitrogens with zero attached hydrogens (tertiary/aromatic N) is 4. The fourth-order valence-corrected chi connectivity index (χ4v) is 2.58. The van der Waals surface area contributed by atoms with Gasteiger partial charge in [0.15, 0.2) is 0 Å². The van der Waals surface area contributed by atoms with Gasteiger partial charge in [0.05, 0.1) is 32.4 Å². The zero-order valence-electron chi connectivity index (χ0n) is 14.0. The summed E-state index contributed by atoms with van der Waals surface area (Å²) in [5.74, 6) is 0.383. The highest BCUT2D eigenvalue weighted by molar-refractivity contribution is 5.91. The number of methoxy groups -OCH3 is 1. The maximum absolute atomic E-state index is 12.1. The molecule has 0 fully saturated rings. The molecule has 126 valence electrons. The van der Waals surface area contributed by atoms with E-state index < -0.39 is 0 Å². The van der Waals surface area contributed by atoms with E-state index in [9.17, 15) is 4.79 Å². The molecule has 0 atom stereocenters. The fraction of sp³-hybridized carbons (Fsp3) is 0.353. The van der Waals surface area contributed by atoms with Crippen molar-refractivity contribution in [1.82, 2.24) is 4.57 Å². The summed E-state index contributed by atoms with van der Waals surface area (Å²) in [6, 6.07) is 9.39. The molecular weight excluding hydrogens is 308 g/mol. The molecule has 1 aromatic heterocycles. The second-order valence-corrected chi connectivity index (χ2v) is 5.14. The van der Waals surface area contributed by atoms with Crippen LogP contribution in [0.2, 0.25) is 0 Å². The Balaban J connectivity index is 2.46. The maximum atomic E-state index is 12.1. The van der Waals surface area contributed by atoms with Crippen molar-refractivity contribution >= 4 is 5.97 Å². The Hall–Kier alpha value is -2.92. The molecule has 0 radical (unpaired) electrons. The van der Waals surface area contributed by atoms with E-state index in [1.807, 2.05) is 35.8 Å². The quantitative estimate of drug-likeness (QED) is 0.335. The first-order valence-corrected chi connectivity index (χ1v) is 7.61. The molecule has 0 aliphatic heterocycles. The molecular formula is C17H20N4O3. The van der Waals surface area contributed by atoms with Crippen molar-refractivity contribution in [2.24, 2.45) is 5.11 Å². The zero-order chi connectivity index (χ0) is 17.5. The van der Waals surface area contributed by atoms with E-state index in [2.05, 4.69) is 10.0 Å². The lowest BCUT2D eigenvalue weighted by Crippen LogP contribution is -2.09. The number of ether oxygens (including phenoxy) is 2. The summed E-state index contributed by atoms with van der Waals surface area (Å²) in [7, 11) is 1.62. The highest BCUT2D eigenvalue weighted by atomic mass is 16.5. The third-order valence-corrected chi connectivity index (χ3v) is 3.76. The van der Waals surface area contributed by atoms with Crippen LogP contribution in [0.25, 0.3) is 10.4 Å². The number of hydrogen-bond donors (Lipinski definition) is 0. The van der Waals surface area contributed by atoms with Gasteiger partial charge in [-0.1, -0.05) is 23.3 Å². The summed E-state index contributed by atoms with van der Waals surface area (Å²) in [5.41, 5.74) is 11.6. The van der Waals surface area contributed by atoms with Gasteiger partial charge in [-0.15, -0.1) is 0 Å². The number of carbonyl (C=O) groups is 1. The molecule has 7 heteroatoms. The van der Waals surface area contributed by atoms with Gasteiger partial charge >= 0.3 is 5.97 Å². The topological polar surface area (TPSA) is 89.2 Å². The van der Waals surface area contributed by atoms with Crippen LogP contribution >= 0.6 is 0 Å². The first-order chi connectivity index (χ1) is 11.6. The Morgan fingerprint density at radius 1 is 1.38 bits per heavy atom. The van der Waals surface area contributed by atoms with Crippen LogP contribution in [0.5, 0.6) is 5.75 Å². The second-order valence-electron chi connectivity index (χ2n) is 5.14. The number of aromatic nitrogens is 1. The van der Waals surface area contributed by atoms with Gasteiger partial charge in [0.1, 0.15) is 5.75 Å². The van der Waals surface area contributed by atoms with Crippen molar-refractivity contribution in [3.8, 4) is 5.75 Å². The van der Waals surface area contributed by atoms with Gasteiger partial charge in [-0.25, -0.2) is 4.79 Å². The van der Waals surface area contributed by atoms with Gasteiger partial charge in [0.25, 0.3) is 0 Å². The largest absolute Gasteiger partial charge is 0.496 e. The summed E-state index contributed by atoms with van der Waals surface area (Å²) >= 11 is 0. The molecule has 0 bridgehead atoms. The molecule has 0 spiro atoms. The average molecular weight is 328 g/mol. The van der Waals surface area contributed by atoms with Crippen molar-refractivity contribution in [2.45, 2.75) is 26.9 Å². The summed E-state index contributed by atoms with van der Waals surface area (Å²) in [6.07, 6.45) is 0. The van der Waals surface area contributed by atoms with Crippen LogP contribution in [-0.2, 0) is 17.8 Å². The first kappa shape index (κ1) is 17.4. The molecule has 7 nitrogen and oxygen atoms in total. The van der Waals surface area contributed by atoms with Gasteiger partial charge in [0, 0.05) is 21.9 Å². The van der Waals surface area contributed by atoms with E-state index in [0.717, 1.165) is 22.7 Å². The van der Waals surface area contributed by atoms with Crippen LogP contribution in [0.4, 0.5) is 0 Å². The van der Waals surface area contributed by atoms with E-state index >= 15 is 0 Å². The van der Waals surface area contributed by atoms with Gasteiger partial charge in [-0.05, 0) is 31.5 Å². The number of azide groups is 1. The van der Waals surface area contributed by atoms with Crippen LogP contribution in [0.1, 0.15) is 34.2 Å². The second kappa shape index (κ2) is 8.08. The van der Waals surface area contributed by atoms with E-state index in [-0.39, 0.29) is 12.5 Å². The third-order valence-electron chi connectivity index (χ3n) is 3.76. The van der Waals surface area contributed by atoms with Gasteiger partial charge < -0.3 is 14.0 Å². The normalized spacial score (nSPS) is 10.1. The SMILES string of the molecule is CCOC(=O)c1cc(CN=[N+]=[N-])n(Cc2ccccc2OC)c1C. The molecule has 0 aliphatic rings. The summed E-state index contributed by atoms with van der Waals surface area (Å²) in [6.45, 7) is 4.58. The predicted octanol–water partition coefficient (Wildman–Crippen LogP) is 3.84. The smallest absolute Gasteiger partial charge is 0.339 e. The predicted molar refractivity (Wildman–Crippen MR) is 90.1 cm³/mol. The lowest BCUT2D eigenvalue weighted by molar-refractivity contribution is 0.0525. The molecule has 0 amide bonds. The van der Waals surface area contributed by atoms with Crippen LogP contribution in [0, 0.1) is 6.92 Å². The molecule has 1 heterocycles. The standard InChI is InChI=1S/C17H20N4O3/c1-4-24-17(22)15-9-14(10-19-20-18)21(12(15)2)11-13-7-5-6-8-16(13)23-3/h5-9H,4,10-11H2,1-3H3.